The minimum absolute atomic E-state index is 0.167. The zero-order valence-electron chi connectivity index (χ0n) is 10.1. The Morgan fingerprint density at radius 1 is 1.53 bits per heavy atom. The molecule has 0 fully saturated rings. The predicted octanol–water partition coefficient (Wildman–Crippen LogP) is 2.31. The van der Waals surface area contributed by atoms with E-state index >= 15 is 0 Å². The van der Waals surface area contributed by atoms with Crippen LogP contribution in [0.1, 0.15) is 16.2 Å². The molecule has 0 unspecified atom stereocenters. The summed E-state index contributed by atoms with van der Waals surface area (Å²) in [6.45, 7) is 0.258. The molecule has 1 heterocycles. The quantitative estimate of drug-likeness (QED) is 0.839. The summed E-state index contributed by atoms with van der Waals surface area (Å²) in [6, 6.07) is 6.33. The standard InChI is InChI=1S/C12H12ClN3O3/c1-18-6-8-5-11(16-19-8)12(17)15-7-2-3-10(14)9(13)4-7/h2-5H,6,14H2,1H3,(H,15,17). The van der Waals surface area contributed by atoms with Gasteiger partial charge in [-0.3, -0.25) is 4.79 Å². The van der Waals surface area contributed by atoms with Crippen molar-refractivity contribution in [2.75, 3.05) is 18.2 Å². The summed E-state index contributed by atoms with van der Waals surface area (Å²) in [5.41, 5.74) is 6.72. The maximum Gasteiger partial charge on any atom is 0.277 e. The molecule has 2 aromatic rings. The van der Waals surface area contributed by atoms with E-state index in [1.165, 1.54) is 13.2 Å². The van der Waals surface area contributed by atoms with Gasteiger partial charge in [0.1, 0.15) is 6.61 Å². The Balaban J connectivity index is 2.09. The lowest BCUT2D eigenvalue weighted by atomic mass is 10.2. The van der Waals surface area contributed by atoms with Gasteiger partial charge in [-0.2, -0.15) is 0 Å². The van der Waals surface area contributed by atoms with Crippen LogP contribution in [-0.2, 0) is 11.3 Å². The van der Waals surface area contributed by atoms with Crippen LogP contribution >= 0.6 is 11.6 Å². The summed E-state index contributed by atoms with van der Waals surface area (Å²) in [7, 11) is 1.53. The van der Waals surface area contributed by atoms with E-state index in [1.807, 2.05) is 0 Å². The van der Waals surface area contributed by atoms with Crippen molar-refractivity contribution < 1.29 is 14.1 Å². The Hall–Kier alpha value is -2.05. The third-order valence-electron chi connectivity index (χ3n) is 2.34. The molecule has 7 heteroatoms. The van der Waals surface area contributed by atoms with E-state index in [0.717, 1.165) is 0 Å². The Labute approximate surface area is 114 Å². The molecule has 0 aliphatic rings. The second kappa shape index (κ2) is 5.73. The number of nitrogens with one attached hydrogen (secondary N) is 1. The molecule has 0 radical (unpaired) electrons. The van der Waals surface area contributed by atoms with Gasteiger partial charge in [0.15, 0.2) is 11.5 Å². The zero-order chi connectivity index (χ0) is 13.8. The van der Waals surface area contributed by atoms with Crippen LogP contribution in [0.4, 0.5) is 11.4 Å². The number of anilines is 2. The number of carbonyl (C=O) groups is 1. The molecule has 0 saturated carbocycles. The van der Waals surface area contributed by atoms with Crippen LogP contribution in [0.2, 0.25) is 5.02 Å². The van der Waals surface area contributed by atoms with Crippen LogP contribution in [0.3, 0.4) is 0 Å². The molecular formula is C12H12ClN3O3. The van der Waals surface area contributed by atoms with E-state index in [4.69, 9.17) is 26.6 Å². The molecule has 1 aromatic carbocycles. The molecule has 0 aliphatic carbocycles. The molecule has 19 heavy (non-hydrogen) atoms. The summed E-state index contributed by atoms with van der Waals surface area (Å²) >= 11 is 5.86. The fourth-order valence-electron chi connectivity index (χ4n) is 1.43. The van der Waals surface area contributed by atoms with Crippen molar-refractivity contribution in [2.24, 2.45) is 0 Å². The number of ether oxygens (including phenoxy) is 1. The molecule has 0 atom stereocenters. The van der Waals surface area contributed by atoms with Crippen LogP contribution in [0, 0.1) is 0 Å². The normalized spacial score (nSPS) is 10.4. The van der Waals surface area contributed by atoms with Crippen LogP contribution in [0.5, 0.6) is 0 Å². The number of hydrogen-bond acceptors (Lipinski definition) is 5. The van der Waals surface area contributed by atoms with Gasteiger partial charge in [-0.25, -0.2) is 0 Å². The maximum atomic E-state index is 11.9. The summed E-state index contributed by atoms with van der Waals surface area (Å²) < 4.78 is 9.80. The smallest absolute Gasteiger partial charge is 0.277 e. The van der Waals surface area contributed by atoms with Crippen molar-refractivity contribution in [3.63, 3.8) is 0 Å². The molecule has 1 aromatic heterocycles. The number of halogens is 1. The van der Waals surface area contributed by atoms with E-state index < -0.39 is 5.91 Å². The van der Waals surface area contributed by atoms with E-state index in [0.29, 0.717) is 22.2 Å². The first-order valence-corrected chi connectivity index (χ1v) is 5.79. The molecule has 0 bridgehead atoms. The Morgan fingerprint density at radius 2 is 2.32 bits per heavy atom. The van der Waals surface area contributed by atoms with Crippen molar-refractivity contribution in [2.45, 2.75) is 6.61 Å². The number of carbonyl (C=O) groups excluding carboxylic acids is 1. The van der Waals surface area contributed by atoms with Gasteiger partial charge in [0.2, 0.25) is 0 Å². The number of hydrogen-bond donors (Lipinski definition) is 2. The molecule has 2 rings (SSSR count). The first kappa shape index (κ1) is 13.4. The SMILES string of the molecule is COCc1cc(C(=O)Nc2ccc(N)c(Cl)c2)no1. The van der Waals surface area contributed by atoms with Crippen molar-refractivity contribution in [1.29, 1.82) is 0 Å². The van der Waals surface area contributed by atoms with Gasteiger partial charge in [0.25, 0.3) is 5.91 Å². The maximum absolute atomic E-state index is 11.9. The predicted molar refractivity (Wildman–Crippen MR) is 71.0 cm³/mol. The second-order valence-corrected chi connectivity index (χ2v) is 4.21. The van der Waals surface area contributed by atoms with Gasteiger partial charge in [0.05, 0.1) is 10.7 Å². The average Bonchev–Trinajstić information content (AvgIpc) is 2.83. The molecule has 1 amide bonds. The van der Waals surface area contributed by atoms with Crippen LogP contribution in [0.25, 0.3) is 0 Å². The summed E-state index contributed by atoms with van der Waals surface area (Å²) in [6.07, 6.45) is 0. The first-order valence-electron chi connectivity index (χ1n) is 5.41. The number of aromatic nitrogens is 1. The molecule has 3 N–H and O–H groups in total. The van der Waals surface area contributed by atoms with Gasteiger partial charge in [-0.05, 0) is 18.2 Å². The van der Waals surface area contributed by atoms with Crippen molar-refractivity contribution >= 4 is 28.9 Å². The summed E-state index contributed by atoms with van der Waals surface area (Å²) in [5, 5.41) is 6.66. The lowest BCUT2D eigenvalue weighted by molar-refractivity contribution is 0.101. The number of nitrogens with zero attached hydrogens (tertiary/aromatic N) is 1. The highest BCUT2D eigenvalue weighted by Crippen LogP contribution is 2.22. The third-order valence-corrected chi connectivity index (χ3v) is 2.66. The highest BCUT2D eigenvalue weighted by Gasteiger charge is 2.13. The van der Waals surface area contributed by atoms with Gasteiger partial charge < -0.3 is 20.3 Å². The third kappa shape index (κ3) is 3.24. The zero-order valence-corrected chi connectivity index (χ0v) is 10.9. The molecule has 0 spiro atoms. The van der Waals surface area contributed by atoms with E-state index in [-0.39, 0.29) is 12.3 Å². The molecular weight excluding hydrogens is 270 g/mol. The Kier molecular flexibility index (Phi) is 4.03. The summed E-state index contributed by atoms with van der Waals surface area (Å²) in [5.74, 6) is 0.0786. The number of benzene rings is 1. The van der Waals surface area contributed by atoms with Crippen LogP contribution in [0.15, 0.2) is 28.8 Å². The largest absolute Gasteiger partial charge is 0.398 e. The molecule has 0 aliphatic heterocycles. The van der Waals surface area contributed by atoms with Crippen molar-refractivity contribution in [1.82, 2.24) is 5.16 Å². The topological polar surface area (TPSA) is 90.4 Å². The van der Waals surface area contributed by atoms with Crippen molar-refractivity contribution in [3.05, 3.63) is 40.7 Å². The highest BCUT2D eigenvalue weighted by atomic mass is 35.5. The fraction of sp³-hybridized carbons (Fsp3) is 0.167. The molecule has 0 saturated heterocycles. The van der Waals surface area contributed by atoms with Gasteiger partial charge in [-0.1, -0.05) is 16.8 Å². The number of nitrogen functional groups attached to an aromatic ring is 1. The minimum atomic E-state index is -0.396. The molecule has 100 valence electrons. The lowest BCUT2D eigenvalue weighted by Crippen LogP contribution is -2.12. The van der Waals surface area contributed by atoms with E-state index in [9.17, 15) is 4.79 Å². The number of amides is 1. The fourth-order valence-corrected chi connectivity index (χ4v) is 1.61. The molecule has 6 nitrogen and oxygen atoms in total. The monoisotopic (exact) mass is 281 g/mol. The number of methoxy groups -OCH3 is 1. The highest BCUT2D eigenvalue weighted by molar-refractivity contribution is 6.33. The number of nitrogens with two attached hydrogens (primary N) is 1. The summed E-state index contributed by atoms with van der Waals surface area (Å²) in [4.78, 5) is 11.9. The second-order valence-electron chi connectivity index (χ2n) is 3.80. The minimum Gasteiger partial charge on any atom is -0.398 e. The Morgan fingerprint density at radius 3 is 3.00 bits per heavy atom. The number of rotatable bonds is 4. The van der Waals surface area contributed by atoms with Gasteiger partial charge >= 0.3 is 0 Å². The van der Waals surface area contributed by atoms with E-state index in [1.54, 1.807) is 18.2 Å². The Bertz CT molecular complexity index is 598. The van der Waals surface area contributed by atoms with Crippen molar-refractivity contribution in [3.8, 4) is 0 Å². The van der Waals surface area contributed by atoms with Gasteiger partial charge in [-0.15, -0.1) is 0 Å². The van der Waals surface area contributed by atoms with Crippen LogP contribution in [-0.4, -0.2) is 18.2 Å². The van der Waals surface area contributed by atoms with E-state index in [2.05, 4.69) is 10.5 Å². The lowest BCUT2D eigenvalue weighted by Gasteiger charge is -2.04. The van der Waals surface area contributed by atoms with Gasteiger partial charge in [0, 0.05) is 18.9 Å². The first-order chi connectivity index (χ1) is 9.10. The average molecular weight is 282 g/mol. The van der Waals surface area contributed by atoms with Crippen LogP contribution < -0.4 is 11.1 Å².